The highest BCUT2D eigenvalue weighted by molar-refractivity contribution is 7.46. The fourth-order valence-corrected chi connectivity index (χ4v) is 2.28. The van der Waals surface area contributed by atoms with Crippen LogP contribution in [0.2, 0.25) is 0 Å². The third-order valence-electron chi connectivity index (χ3n) is 3.55. The maximum atomic E-state index is 12.0. The van der Waals surface area contributed by atoms with E-state index in [9.17, 15) is 34.6 Å². The van der Waals surface area contributed by atoms with Crippen molar-refractivity contribution in [3.05, 3.63) is 20.8 Å². The van der Waals surface area contributed by atoms with Crippen molar-refractivity contribution >= 4 is 25.0 Å². The van der Waals surface area contributed by atoms with Crippen molar-refractivity contribution < 1.29 is 44.4 Å². The molecule has 166 valence electrons. The molecule has 1 aromatic heterocycles. The van der Waals surface area contributed by atoms with Gasteiger partial charge in [0.05, 0.1) is 19.3 Å². The number of aliphatic hydroxyl groups is 5. The molecule has 10 N–H and O–H groups in total. The number of H-pyrrole nitrogens is 2. The highest BCUT2D eigenvalue weighted by Crippen LogP contribution is 2.35. The SMILES string of the molecule is CC(=Nc1c(NC[C@H](O)[C@H](O)[C@H](O)CO)[nH]c(=O)[nH]c1=O)C(O)COP(=O)(O)O. The van der Waals surface area contributed by atoms with E-state index in [1.54, 1.807) is 0 Å². The summed E-state index contributed by atoms with van der Waals surface area (Å²) in [6.45, 7) is -0.905. The number of rotatable bonds is 11. The molecule has 0 aliphatic heterocycles. The largest absolute Gasteiger partial charge is 0.469 e. The van der Waals surface area contributed by atoms with Crippen molar-refractivity contribution in [3.63, 3.8) is 0 Å². The van der Waals surface area contributed by atoms with E-state index in [1.807, 2.05) is 4.98 Å². The van der Waals surface area contributed by atoms with Gasteiger partial charge in [-0.1, -0.05) is 0 Å². The molecule has 16 heteroatoms. The van der Waals surface area contributed by atoms with Gasteiger partial charge in [-0.2, -0.15) is 0 Å². The maximum absolute atomic E-state index is 12.0. The van der Waals surface area contributed by atoms with Gasteiger partial charge in [-0.3, -0.25) is 19.3 Å². The smallest absolute Gasteiger partial charge is 0.394 e. The van der Waals surface area contributed by atoms with E-state index in [4.69, 9.17) is 14.9 Å². The zero-order chi connectivity index (χ0) is 22.4. The van der Waals surface area contributed by atoms with Crippen LogP contribution in [0.4, 0.5) is 11.5 Å². The summed E-state index contributed by atoms with van der Waals surface area (Å²) in [5.41, 5.74) is -2.59. The molecule has 0 spiro atoms. The Balaban J connectivity index is 3.05. The summed E-state index contributed by atoms with van der Waals surface area (Å²) in [7, 11) is -4.84. The molecular formula is C13H23N4O11P. The molecule has 0 bridgehead atoms. The van der Waals surface area contributed by atoms with Crippen molar-refractivity contribution in [2.24, 2.45) is 4.99 Å². The number of phosphoric ester groups is 1. The van der Waals surface area contributed by atoms with Crippen molar-refractivity contribution in [3.8, 4) is 0 Å². The molecule has 1 rings (SSSR count). The third kappa shape index (κ3) is 8.14. The average Bonchev–Trinajstić information content (AvgIpc) is 2.64. The summed E-state index contributed by atoms with van der Waals surface area (Å²) in [5.74, 6) is -0.314. The first kappa shape index (κ1) is 25.1. The number of nitrogens with zero attached hydrogens (tertiary/aromatic N) is 1. The Morgan fingerprint density at radius 2 is 1.79 bits per heavy atom. The topological polar surface area (TPSA) is 258 Å². The second-order valence-electron chi connectivity index (χ2n) is 5.88. The van der Waals surface area contributed by atoms with Crippen molar-refractivity contribution in [2.75, 3.05) is 25.1 Å². The number of nitrogens with one attached hydrogen (secondary N) is 3. The summed E-state index contributed by atoms with van der Waals surface area (Å²) in [5, 5.41) is 49.7. The van der Waals surface area contributed by atoms with E-state index in [0.717, 1.165) is 0 Å². The van der Waals surface area contributed by atoms with E-state index < -0.39 is 68.9 Å². The zero-order valence-electron chi connectivity index (χ0n) is 15.1. The molecule has 0 radical (unpaired) electrons. The molecule has 0 fully saturated rings. The lowest BCUT2D eigenvalue weighted by atomic mass is 10.1. The number of aromatic nitrogens is 2. The summed E-state index contributed by atoms with van der Waals surface area (Å²) in [6.07, 6.45) is -6.58. The van der Waals surface area contributed by atoms with E-state index in [2.05, 4.69) is 19.8 Å². The number of hydrogen-bond acceptors (Lipinski definition) is 11. The first-order valence-corrected chi connectivity index (χ1v) is 9.57. The Morgan fingerprint density at radius 3 is 2.34 bits per heavy atom. The van der Waals surface area contributed by atoms with E-state index in [0.29, 0.717) is 0 Å². The average molecular weight is 442 g/mol. The molecular weight excluding hydrogens is 419 g/mol. The Bertz CT molecular complexity index is 863. The van der Waals surface area contributed by atoms with Gasteiger partial charge in [-0.15, -0.1) is 0 Å². The minimum Gasteiger partial charge on any atom is -0.394 e. The molecule has 1 unspecified atom stereocenters. The number of aliphatic hydroxyl groups excluding tert-OH is 5. The molecule has 0 amide bonds. The normalized spacial score (nSPS) is 16.9. The van der Waals surface area contributed by atoms with Crippen molar-refractivity contribution in [1.29, 1.82) is 0 Å². The predicted octanol–water partition coefficient (Wildman–Crippen LogP) is -3.89. The molecule has 15 nitrogen and oxygen atoms in total. The second-order valence-corrected chi connectivity index (χ2v) is 7.12. The van der Waals surface area contributed by atoms with E-state index in [1.165, 1.54) is 6.92 Å². The molecule has 4 atom stereocenters. The highest BCUT2D eigenvalue weighted by atomic mass is 31.2. The second kappa shape index (κ2) is 10.7. The number of phosphoric acid groups is 1. The van der Waals surface area contributed by atoms with Gasteiger partial charge in [0.15, 0.2) is 5.69 Å². The van der Waals surface area contributed by atoms with Crippen LogP contribution in [0.1, 0.15) is 6.92 Å². The third-order valence-corrected chi connectivity index (χ3v) is 4.04. The van der Waals surface area contributed by atoms with E-state index in [-0.39, 0.29) is 11.5 Å². The lowest BCUT2D eigenvalue weighted by Crippen LogP contribution is -2.43. The monoisotopic (exact) mass is 442 g/mol. The molecule has 1 heterocycles. The summed E-state index contributed by atoms with van der Waals surface area (Å²) in [6, 6.07) is 0. The molecule has 0 saturated carbocycles. The minimum absolute atomic E-state index is 0.199. The van der Waals surface area contributed by atoms with Crippen LogP contribution in [0, 0.1) is 0 Å². The van der Waals surface area contributed by atoms with Crippen LogP contribution in [0.25, 0.3) is 0 Å². The Labute approximate surface area is 162 Å². The van der Waals surface area contributed by atoms with Gasteiger partial charge in [0.25, 0.3) is 5.56 Å². The molecule has 1 aromatic rings. The molecule has 0 aliphatic carbocycles. The summed E-state index contributed by atoms with van der Waals surface area (Å²) >= 11 is 0. The Hall–Kier alpha value is -1.94. The lowest BCUT2D eigenvalue weighted by Gasteiger charge is -2.22. The molecule has 29 heavy (non-hydrogen) atoms. The fourth-order valence-electron chi connectivity index (χ4n) is 1.95. The number of anilines is 1. The Kier molecular flexibility index (Phi) is 9.28. The quantitative estimate of drug-likeness (QED) is 0.117. The number of aliphatic imine (C=N–C) groups is 1. The molecule has 0 aromatic carbocycles. The van der Waals surface area contributed by atoms with Crippen LogP contribution in [-0.4, -0.2) is 95.2 Å². The van der Waals surface area contributed by atoms with Gasteiger partial charge >= 0.3 is 13.5 Å². The standard InChI is InChI=1S/C13H23N4O11P/c1-5(8(21)4-28-29(25,26)27)15-9-11(16-13(24)17-12(9)23)14-2-6(19)10(22)7(20)3-18/h6-8,10,18-22H,2-4H2,1H3,(H2,25,26,27)(H3,14,16,17,23,24)/t6-,7+,8?,10-/m0/s1. The molecule has 0 aliphatic rings. The van der Waals surface area contributed by atoms with Crippen LogP contribution in [0.3, 0.4) is 0 Å². The Morgan fingerprint density at radius 1 is 1.17 bits per heavy atom. The van der Waals surface area contributed by atoms with Crippen LogP contribution in [0.15, 0.2) is 14.6 Å². The van der Waals surface area contributed by atoms with Gasteiger partial charge in [0, 0.05) is 12.3 Å². The lowest BCUT2D eigenvalue weighted by molar-refractivity contribution is -0.0715. The van der Waals surface area contributed by atoms with Gasteiger partial charge < -0.3 is 40.6 Å². The van der Waals surface area contributed by atoms with Gasteiger partial charge in [-0.25, -0.2) is 14.4 Å². The maximum Gasteiger partial charge on any atom is 0.469 e. The van der Waals surface area contributed by atoms with Crippen molar-refractivity contribution in [2.45, 2.75) is 31.3 Å². The fraction of sp³-hybridized carbons (Fsp3) is 0.615. The zero-order valence-corrected chi connectivity index (χ0v) is 16.0. The first-order chi connectivity index (χ1) is 13.4. The van der Waals surface area contributed by atoms with Gasteiger partial charge in [0.1, 0.15) is 24.1 Å². The summed E-state index contributed by atoms with van der Waals surface area (Å²) in [4.78, 5) is 48.6. The van der Waals surface area contributed by atoms with Crippen LogP contribution in [-0.2, 0) is 9.09 Å². The minimum atomic E-state index is -4.84. The van der Waals surface area contributed by atoms with Crippen LogP contribution >= 0.6 is 7.82 Å². The highest BCUT2D eigenvalue weighted by Gasteiger charge is 2.24. The summed E-state index contributed by atoms with van der Waals surface area (Å²) < 4.78 is 14.8. The van der Waals surface area contributed by atoms with E-state index >= 15 is 0 Å². The van der Waals surface area contributed by atoms with Gasteiger partial charge in [-0.05, 0) is 6.92 Å². The number of hydrogen-bond donors (Lipinski definition) is 10. The first-order valence-electron chi connectivity index (χ1n) is 8.04. The number of aromatic amines is 2. The predicted molar refractivity (Wildman–Crippen MR) is 98.1 cm³/mol. The van der Waals surface area contributed by atoms with Crippen molar-refractivity contribution in [1.82, 2.24) is 9.97 Å². The van der Waals surface area contributed by atoms with Crippen LogP contribution in [0.5, 0.6) is 0 Å². The van der Waals surface area contributed by atoms with Crippen LogP contribution < -0.4 is 16.6 Å². The van der Waals surface area contributed by atoms with Gasteiger partial charge in [0.2, 0.25) is 0 Å². The molecule has 0 saturated heterocycles.